The molecule has 0 radical (unpaired) electrons. The molecule has 7 heteroatoms. The molecule has 5 nitrogen and oxygen atoms in total. The summed E-state index contributed by atoms with van der Waals surface area (Å²) >= 11 is 3.02. The van der Waals surface area contributed by atoms with E-state index in [4.69, 9.17) is 4.98 Å². The molecule has 3 rings (SSSR count). The van der Waals surface area contributed by atoms with Crippen LogP contribution in [0.4, 0.5) is 0 Å². The van der Waals surface area contributed by atoms with Crippen molar-refractivity contribution >= 4 is 39.2 Å². The van der Waals surface area contributed by atoms with E-state index >= 15 is 0 Å². The van der Waals surface area contributed by atoms with Gasteiger partial charge in [-0.3, -0.25) is 14.2 Å². The van der Waals surface area contributed by atoms with E-state index in [0.717, 1.165) is 29.5 Å². The van der Waals surface area contributed by atoms with E-state index in [1.165, 1.54) is 22.2 Å². The van der Waals surface area contributed by atoms with Crippen LogP contribution in [0.15, 0.2) is 22.6 Å². The van der Waals surface area contributed by atoms with Crippen molar-refractivity contribution in [3.8, 4) is 0 Å². The maximum atomic E-state index is 13.4. The van der Waals surface area contributed by atoms with Crippen LogP contribution in [0.2, 0.25) is 0 Å². The summed E-state index contributed by atoms with van der Waals surface area (Å²) in [5.41, 5.74) is 1.26. The van der Waals surface area contributed by atoms with Crippen LogP contribution in [0.5, 0.6) is 0 Å². The second kappa shape index (κ2) is 8.82. The molecular weight excluding hydrogens is 390 g/mol. The molecule has 0 unspecified atom stereocenters. The molecular formula is C21H29N3O2S2. The van der Waals surface area contributed by atoms with E-state index in [1.54, 1.807) is 22.0 Å². The van der Waals surface area contributed by atoms with Crippen LogP contribution in [-0.4, -0.2) is 27.3 Å². The van der Waals surface area contributed by atoms with Crippen molar-refractivity contribution in [2.45, 2.75) is 63.9 Å². The number of fused-ring (bicyclic) bond motifs is 3. The highest BCUT2D eigenvalue weighted by Crippen LogP contribution is 2.37. The van der Waals surface area contributed by atoms with E-state index in [9.17, 15) is 9.59 Å². The van der Waals surface area contributed by atoms with Gasteiger partial charge in [-0.2, -0.15) is 0 Å². The van der Waals surface area contributed by atoms with Gasteiger partial charge < -0.3 is 5.32 Å². The third kappa shape index (κ3) is 4.35. The summed E-state index contributed by atoms with van der Waals surface area (Å²) in [5.74, 6) is 0.895. The molecule has 2 aromatic rings. The van der Waals surface area contributed by atoms with Crippen molar-refractivity contribution < 1.29 is 4.79 Å². The van der Waals surface area contributed by atoms with Crippen LogP contribution in [0.3, 0.4) is 0 Å². The number of nitrogens with one attached hydrogen (secondary N) is 1. The Bertz CT molecular complexity index is 945. The molecule has 1 N–H and O–H groups in total. The number of thiophene rings is 1. The lowest BCUT2D eigenvalue weighted by Crippen LogP contribution is -2.32. The van der Waals surface area contributed by atoms with Crippen LogP contribution in [0, 0.1) is 11.8 Å². The monoisotopic (exact) mass is 419 g/mol. The van der Waals surface area contributed by atoms with E-state index in [1.807, 2.05) is 6.92 Å². The topological polar surface area (TPSA) is 64.0 Å². The van der Waals surface area contributed by atoms with E-state index in [2.05, 4.69) is 32.7 Å². The molecule has 152 valence electrons. The third-order valence-electron chi connectivity index (χ3n) is 5.00. The first-order chi connectivity index (χ1) is 13.3. The van der Waals surface area contributed by atoms with Crippen molar-refractivity contribution in [3.63, 3.8) is 0 Å². The number of hydrogen-bond acceptors (Lipinski definition) is 5. The summed E-state index contributed by atoms with van der Waals surface area (Å²) in [7, 11) is 0. The zero-order chi connectivity index (χ0) is 20.4. The van der Waals surface area contributed by atoms with E-state index in [0.29, 0.717) is 30.1 Å². The predicted octanol–water partition coefficient (Wildman–Crippen LogP) is 4.02. The maximum absolute atomic E-state index is 13.4. The summed E-state index contributed by atoms with van der Waals surface area (Å²) in [6, 6.07) is 0. The van der Waals surface area contributed by atoms with Crippen molar-refractivity contribution in [2.24, 2.45) is 11.8 Å². The molecule has 2 heterocycles. The molecule has 28 heavy (non-hydrogen) atoms. The number of thioether (sulfide) groups is 1. The number of carbonyl (C=O) groups is 1. The molecule has 0 saturated heterocycles. The van der Waals surface area contributed by atoms with E-state index < -0.39 is 0 Å². The van der Waals surface area contributed by atoms with Gasteiger partial charge in [-0.05, 0) is 43.6 Å². The van der Waals surface area contributed by atoms with Crippen molar-refractivity contribution in [2.75, 3.05) is 6.54 Å². The Balaban J connectivity index is 2.04. The van der Waals surface area contributed by atoms with Crippen molar-refractivity contribution in [1.29, 1.82) is 0 Å². The Morgan fingerprint density at radius 3 is 2.89 bits per heavy atom. The number of amides is 1. The molecule has 0 fully saturated rings. The van der Waals surface area contributed by atoms with Gasteiger partial charge in [-0.15, -0.1) is 17.9 Å². The second-order valence-electron chi connectivity index (χ2n) is 8.03. The fourth-order valence-electron chi connectivity index (χ4n) is 3.55. The largest absolute Gasteiger partial charge is 0.352 e. The lowest BCUT2D eigenvalue weighted by atomic mass is 9.89. The number of carbonyl (C=O) groups excluding carboxylic acids is 1. The van der Waals surface area contributed by atoms with Gasteiger partial charge in [-0.25, -0.2) is 4.98 Å². The van der Waals surface area contributed by atoms with Crippen molar-refractivity contribution in [1.82, 2.24) is 14.9 Å². The van der Waals surface area contributed by atoms with Gasteiger partial charge in [0, 0.05) is 18.0 Å². The number of nitrogens with zero attached hydrogens (tertiary/aromatic N) is 2. The molecule has 0 spiro atoms. The second-order valence-corrected chi connectivity index (χ2v) is 10.4. The summed E-state index contributed by atoms with van der Waals surface area (Å²) in [6.07, 6.45) is 4.77. The minimum atomic E-state index is -0.336. The first-order valence-electron chi connectivity index (χ1n) is 9.92. The minimum absolute atomic E-state index is 0.0481. The molecule has 1 aliphatic rings. The number of hydrogen-bond donors (Lipinski definition) is 1. The quantitative estimate of drug-likeness (QED) is 0.418. The van der Waals surface area contributed by atoms with Gasteiger partial charge in [0.2, 0.25) is 5.91 Å². The molecule has 0 aromatic carbocycles. The molecule has 2 aromatic heterocycles. The lowest BCUT2D eigenvalue weighted by molar-refractivity contribution is -0.120. The Morgan fingerprint density at radius 2 is 2.21 bits per heavy atom. The SMILES string of the molecule is C=CCNC(=O)[C@@H](C)Sc1nc2sc3c(c2c(=O)n1CC(C)C)CC[C@H](C)C3. The highest BCUT2D eigenvalue weighted by molar-refractivity contribution is 8.00. The molecule has 0 saturated carbocycles. The molecule has 0 aliphatic heterocycles. The van der Waals surface area contributed by atoms with Crippen LogP contribution >= 0.6 is 23.1 Å². The fourth-order valence-corrected chi connectivity index (χ4v) is 5.92. The van der Waals surface area contributed by atoms with E-state index in [-0.39, 0.29) is 16.7 Å². The highest BCUT2D eigenvalue weighted by atomic mass is 32.2. The summed E-state index contributed by atoms with van der Waals surface area (Å²) in [4.78, 5) is 32.7. The third-order valence-corrected chi connectivity index (χ3v) is 7.24. The molecule has 0 bridgehead atoms. The Morgan fingerprint density at radius 1 is 1.46 bits per heavy atom. The standard InChI is InChI=1S/C21H29N3O2S2/c1-6-9-22-18(25)14(5)27-21-23-19-17(20(26)24(21)11-12(2)3)15-8-7-13(4)10-16(15)28-19/h6,12-14H,1,7-11H2,2-5H3,(H,22,25)/t13-,14+/m0/s1. The molecule has 1 amide bonds. The van der Waals surface area contributed by atoms with Crippen molar-refractivity contribution in [3.05, 3.63) is 33.4 Å². The minimum Gasteiger partial charge on any atom is -0.352 e. The highest BCUT2D eigenvalue weighted by Gasteiger charge is 2.26. The number of aryl methyl sites for hydroxylation is 1. The smallest absolute Gasteiger partial charge is 0.263 e. The average molecular weight is 420 g/mol. The molecule has 1 aliphatic carbocycles. The summed E-state index contributed by atoms with van der Waals surface area (Å²) < 4.78 is 1.78. The Kier molecular flexibility index (Phi) is 6.65. The van der Waals surface area contributed by atoms with Gasteiger partial charge in [0.15, 0.2) is 5.16 Å². The predicted molar refractivity (Wildman–Crippen MR) is 118 cm³/mol. The van der Waals surface area contributed by atoms with Crippen LogP contribution < -0.4 is 10.9 Å². The van der Waals surface area contributed by atoms with Gasteiger partial charge >= 0.3 is 0 Å². The summed E-state index contributed by atoms with van der Waals surface area (Å²) in [6.45, 7) is 13.0. The average Bonchev–Trinajstić information content (AvgIpc) is 2.99. The van der Waals surface area contributed by atoms with Gasteiger partial charge in [-0.1, -0.05) is 38.6 Å². The first-order valence-corrected chi connectivity index (χ1v) is 11.6. The zero-order valence-corrected chi connectivity index (χ0v) is 18.7. The summed E-state index contributed by atoms with van der Waals surface area (Å²) in [5, 5.41) is 3.93. The van der Waals surface area contributed by atoms with Crippen LogP contribution in [0.1, 0.15) is 44.6 Å². The Hall–Kier alpha value is -1.60. The first kappa shape index (κ1) is 21.1. The number of aromatic nitrogens is 2. The molecule has 2 atom stereocenters. The maximum Gasteiger partial charge on any atom is 0.263 e. The Labute approximate surface area is 174 Å². The van der Waals surface area contributed by atoms with Gasteiger partial charge in [0.05, 0.1) is 10.6 Å². The van der Waals surface area contributed by atoms with Crippen LogP contribution in [-0.2, 0) is 24.2 Å². The lowest BCUT2D eigenvalue weighted by Gasteiger charge is -2.18. The fraction of sp³-hybridized carbons (Fsp3) is 0.571. The normalized spacial score (nSPS) is 17.5. The van der Waals surface area contributed by atoms with Gasteiger partial charge in [0.25, 0.3) is 5.56 Å². The number of rotatable bonds is 7. The zero-order valence-electron chi connectivity index (χ0n) is 17.1. The van der Waals surface area contributed by atoms with Gasteiger partial charge in [0.1, 0.15) is 4.83 Å². The van der Waals surface area contributed by atoms with Crippen LogP contribution in [0.25, 0.3) is 10.2 Å².